The Morgan fingerprint density at radius 1 is 1.41 bits per heavy atom. The molecule has 1 heterocycles. The van der Waals surface area contributed by atoms with Crippen LogP contribution in [0.15, 0.2) is 0 Å². The molecule has 1 saturated heterocycles. The van der Waals surface area contributed by atoms with E-state index in [9.17, 15) is 0 Å². The van der Waals surface area contributed by atoms with Gasteiger partial charge in [0.25, 0.3) is 0 Å². The van der Waals surface area contributed by atoms with Crippen LogP contribution in [-0.2, 0) is 4.74 Å². The van der Waals surface area contributed by atoms with Crippen LogP contribution in [0.3, 0.4) is 0 Å². The Morgan fingerprint density at radius 3 is 2.82 bits per heavy atom. The van der Waals surface area contributed by atoms with Crippen LogP contribution in [0, 0.1) is 5.92 Å². The zero-order valence-electron chi connectivity index (χ0n) is 12.0. The van der Waals surface area contributed by atoms with Gasteiger partial charge in [-0.25, -0.2) is 0 Å². The summed E-state index contributed by atoms with van der Waals surface area (Å²) in [6.07, 6.45) is 2.77. The normalized spacial score (nSPS) is 24.9. The summed E-state index contributed by atoms with van der Waals surface area (Å²) in [4.78, 5) is 2.56. The monoisotopic (exact) mass is 242 g/mol. The molecule has 0 amide bonds. The molecule has 0 spiro atoms. The molecule has 0 aromatic carbocycles. The van der Waals surface area contributed by atoms with Gasteiger partial charge in [0.2, 0.25) is 0 Å². The van der Waals surface area contributed by atoms with Gasteiger partial charge in [-0.1, -0.05) is 20.8 Å². The molecule has 0 saturated carbocycles. The summed E-state index contributed by atoms with van der Waals surface area (Å²) in [6, 6.07) is 0.611. The molecule has 102 valence electrons. The first-order valence-electron chi connectivity index (χ1n) is 7.20. The number of ether oxygens (including phenoxy) is 1. The maximum atomic E-state index is 5.69. The van der Waals surface area contributed by atoms with Crippen molar-refractivity contribution in [3.8, 4) is 0 Å². The zero-order valence-corrected chi connectivity index (χ0v) is 12.0. The molecule has 1 aliphatic heterocycles. The predicted molar refractivity (Wildman–Crippen MR) is 73.4 cm³/mol. The molecule has 1 aliphatic rings. The van der Waals surface area contributed by atoms with Gasteiger partial charge in [-0.2, -0.15) is 0 Å². The Morgan fingerprint density at radius 2 is 2.18 bits per heavy atom. The molecule has 0 aliphatic carbocycles. The van der Waals surface area contributed by atoms with Gasteiger partial charge >= 0.3 is 0 Å². The third-order valence-corrected chi connectivity index (χ3v) is 3.45. The van der Waals surface area contributed by atoms with E-state index in [-0.39, 0.29) is 0 Å². The van der Waals surface area contributed by atoms with Crippen LogP contribution in [0.2, 0.25) is 0 Å². The highest BCUT2D eigenvalue weighted by atomic mass is 16.5. The second-order valence-corrected chi connectivity index (χ2v) is 5.60. The van der Waals surface area contributed by atoms with Crippen LogP contribution in [0.4, 0.5) is 0 Å². The van der Waals surface area contributed by atoms with Gasteiger partial charge in [-0.05, 0) is 32.2 Å². The molecule has 1 N–H and O–H groups in total. The van der Waals surface area contributed by atoms with E-state index in [0.717, 1.165) is 26.2 Å². The summed E-state index contributed by atoms with van der Waals surface area (Å²) in [5, 5.41) is 3.67. The number of nitrogens with one attached hydrogen (secondary N) is 1. The molecular formula is C14H30N2O. The van der Waals surface area contributed by atoms with Crippen LogP contribution in [0.5, 0.6) is 0 Å². The minimum Gasteiger partial charge on any atom is -0.377 e. The third-order valence-electron chi connectivity index (χ3n) is 3.45. The van der Waals surface area contributed by atoms with Crippen molar-refractivity contribution in [2.75, 3.05) is 32.8 Å². The summed E-state index contributed by atoms with van der Waals surface area (Å²) in [5.41, 5.74) is 0. The summed E-state index contributed by atoms with van der Waals surface area (Å²) >= 11 is 0. The average molecular weight is 242 g/mol. The Kier molecular flexibility index (Phi) is 7.09. The zero-order chi connectivity index (χ0) is 12.7. The smallest absolute Gasteiger partial charge is 0.0673 e. The molecule has 1 fully saturated rings. The summed E-state index contributed by atoms with van der Waals surface area (Å²) in [6.45, 7) is 14.5. The summed E-state index contributed by atoms with van der Waals surface area (Å²) in [7, 11) is 0. The number of hydrogen-bond donors (Lipinski definition) is 1. The van der Waals surface area contributed by atoms with E-state index in [4.69, 9.17) is 4.74 Å². The van der Waals surface area contributed by atoms with Crippen LogP contribution < -0.4 is 5.32 Å². The van der Waals surface area contributed by atoms with E-state index in [1.54, 1.807) is 0 Å². The molecule has 2 atom stereocenters. The van der Waals surface area contributed by atoms with Crippen molar-refractivity contribution >= 4 is 0 Å². The van der Waals surface area contributed by atoms with Gasteiger partial charge in [-0.3, -0.25) is 4.90 Å². The van der Waals surface area contributed by atoms with Gasteiger partial charge in [0.1, 0.15) is 0 Å². The van der Waals surface area contributed by atoms with Crippen LogP contribution in [0.25, 0.3) is 0 Å². The average Bonchev–Trinajstić information content (AvgIpc) is 2.48. The molecule has 1 rings (SSSR count). The molecule has 2 unspecified atom stereocenters. The second kappa shape index (κ2) is 8.06. The van der Waals surface area contributed by atoms with E-state index in [1.807, 2.05) is 0 Å². The van der Waals surface area contributed by atoms with Crippen LogP contribution in [0.1, 0.15) is 40.5 Å². The Balaban J connectivity index is 2.41. The van der Waals surface area contributed by atoms with Crippen molar-refractivity contribution in [3.05, 3.63) is 0 Å². The van der Waals surface area contributed by atoms with E-state index >= 15 is 0 Å². The minimum absolute atomic E-state index is 0.386. The van der Waals surface area contributed by atoms with Crippen molar-refractivity contribution in [2.24, 2.45) is 5.92 Å². The molecule has 0 radical (unpaired) electrons. The lowest BCUT2D eigenvalue weighted by molar-refractivity contribution is 0.0655. The molecule has 0 aromatic rings. The molecule has 3 nitrogen and oxygen atoms in total. The fraction of sp³-hybridized carbons (Fsp3) is 1.00. The highest BCUT2D eigenvalue weighted by Crippen LogP contribution is 2.09. The first kappa shape index (κ1) is 14.9. The van der Waals surface area contributed by atoms with Crippen molar-refractivity contribution in [2.45, 2.75) is 52.7 Å². The van der Waals surface area contributed by atoms with Crippen LogP contribution in [-0.4, -0.2) is 49.8 Å². The van der Waals surface area contributed by atoms with Crippen molar-refractivity contribution in [1.29, 1.82) is 0 Å². The van der Waals surface area contributed by atoms with Gasteiger partial charge in [0.15, 0.2) is 0 Å². The Bertz CT molecular complexity index is 197. The fourth-order valence-electron chi connectivity index (χ4n) is 2.37. The lowest BCUT2D eigenvalue weighted by Crippen LogP contribution is -2.46. The first-order valence-corrected chi connectivity index (χ1v) is 7.20. The number of hydrogen-bond acceptors (Lipinski definition) is 3. The van der Waals surface area contributed by atoms with Crippen molar-refractivity contribution in [3.63, 3.8) is 0 Å². The predicted octanol–water partition coefficient (Wildman–Crippen LogP) is 2.12. The standard InChI is InChI=1S/C14H30N2O/c1-5-7-15-14(12(2)3)11-16-8-6-9-17-13(4)10-16/h12-15H,5-11H2,1-4H3. The highest BCUT2D eigenvalue weighted by Gasteiger charge is 2.20. The largest absolute Gasteiger partial charge is 0.377 e. The fourth-order valence-corrected chi connectivity index (χ4v) is 2.37. The highest BCUT2D eigenvalue weighted by molar-refractivity contribution is 4.77. The lowest BCUT2D eigenvalue weighted by Gasteiger charge is -2.30. The van der Waals surface area contributed by atoms with E-state index in [1.165, 1.54) is 19.4 Å². The third kappa shape index (κ3) is 5.84. The van der Waals surface area contributed by atoms with E-state index in [2.05, 4.69) is 37.9 Å². The van der Waals surface area contributed by atoms with Gasteiger partial charge < -0.3 is 10.1 Å². The molecule has 0 aromatic heterocycles. The van der Waals surface area contributed by atoms with Gasteiger partial charge in [0.05, 0.1) is 6.10 Å². The SMILES string of the molecule is CCCNC(CN1CCCOC(C)C1)C(C)C. The quantitative estimate of drug-likeness (QED) is 0.772. The molecular weight excluding hydrogens is 212 g/mol. The first-order chi connectivity index (χ1) is 8.13. The maximum absolute atomic E-state index is 5.69. The Hall–Kier alpha value is -0.120. The molecule has 17 heavy (non-hydrogen) atoms. The summed E-state index contributed by atoms with van der Waals surface area (Å²) < 4.78 is 5.69. The van der Waals surface area contributed by atoms with Crippen LogP contribution >= 0.6 is 0 Å². The van der Waals surface area contributed by atoms with E-state index < -0.39 is 0 Å². The summed E-state index contributed by atoms with van der Waals surface area (Å²) in [5.74, 6) is 0.695. The minimum atomic E-state index is 0.386. The Labute approximate surface area is 107 Å². The molecule has 3 heteroatoms. The molecule has 0 bridgehead atoms. The maximum Gasteiger partial charge on any atom is 0.0673 e. The number of rotatable bonds is 6. The number of nitrogens with zero attached hydrogens (tertiary/aromatic N) is 1. The lowest BCUT2D eigenvalue weighted by atomic mass is 10.0. The topological polar surface area (TPSA) is 24.5 Å². The second-order valence-electron chi connectivity index (χ2n) is 5.60. The van der Waals surface area contributed by atoms with E-state index in [0.29, 0.717) is 18.1 Å². The van der Waals surface area contributed by atoms with Gasteiger partial charge in [0, 0.05) is 32.3 Å². The van der Waals surface area contributed by atoms with Gasteiger partial charge in [-0.15, -0.1) is 0 Å². The van der Waals surface area contributed by atoms with Crippen molar-refractivity contribution < 1.29 is 4.74 Å². The van der Waals surface area contributed by atoms with Crippen molar-refractivity contribution in [1.82, 2.24) is 10.2 Å².